The van der Waals surface area contributed by atoms with Gasteiger partial charge in [0.2, 0.25) is 11.1 Å². The number of H-pyrrole nitrogens is 1. The van der Waals surface area contributed by atoms with Gasteiger partial charge < -0.3 is 10.1 Å². The first-order valence-corrected chi connectivity index (χ1v) is 8.31. The Morgan fingerprint density at radius 1 is 1.41 bits per heavy atom. The SMILES string of the molecule is CCOc1ccc(NC(=O)CSc2n[nH]c(C3CC3)n2)cc1. The summed E-state index contributed by atoms with van der Waals surface area (Å²) in [4.78, 5) is 16.3. The lowest BCUT2D eigenvalue weighted by Gasteiger charge is -2.06. The molecule has 1 heterocycles. The first kappa shape index (κ1) is 14.9. The summed E-state index contributed by atoms with van der Waals surface area (Å²) in [6.07, 6.45) is 2.36. The summed E-state index contributed by atoms with van der Waals surface area (Å²) in [5.74, 6) is 2.49. The van der Waals surface area contributed by atoms with Crippen LogP contribution in [0.5, 0.6) is 5.75 Å². The number of benzene rings is 1. The molecule has 1 amide bonds. The molecule has 0 radical (unpaired) electrons. The van der Waals surface area contributed by atoms with Crippen LogP contribution in [0.2, 0.25) is 0 Å². The minimum atomic E-state index is -0.0769. The van der Waals surface area contributed by atoms with E-state index in [9.17, 15) is 4.79 Å². The molecule has 1 saturated carbocycles. The monoisotopic (exact) mass is 318 g/mol. The van der Waals surface area contributed by atoms with Gasteiger partial charge >= 0.3 is 0 Å². The lowest BCUT2D eigenvalue weighted by atomic mass is 10.3. The van der Waals surface area contributed by atoms with E-state index in [1.165, 1.54) is 24.6 Å². The van der Waals surface area contributed by atoms with Crippen molar-refractivity contribution in [1.29, 1.82) is 0 Å². The number of nitrogens with zero attached hydrogens (tertiary/aromatic N) is 2. The molecule has 6 nitrogen and oxygen atoms in total. The van der Waals surface area contributed by atoms with Crippen LogP contribution < -0.4 is 10.1 Å². The number of carbonyl (C=O) groups excluding carboxylic acids is 1. The Bertz CT molecular complexity index is 637. The van der Waals surface area contributed by atoms with Crippen molar-refractivity contribution in [3.8, 4) is 5.75 Å². The lowest BCUT2D eigenvalue weighted by Crippen LogP contribution is -2.14. The summed E-state index contributed by atoms with van der Waals surface area (Å²) in [6.45, 7) is 2.56. The molecule has 3 rings (SSSR count). The molecule has 0 atom stereocenters. The van der Waals surface area contributed by atoms with Crippen LogP contribution in [0.15, 0.2) is 29.4 Å². The first-order valence-electron chi connectivity index (χ1n) is 7.32. The van der Waals surface area contributed by atoms with Gasteiger partial charge in [-0.05, 0) is 44.0 Å². The van der Waals surface area contributed by atoms with Crippen molar-refractivity contribution >= 4 is 23.4 Å². The third-order valence-electron chi connectivity index (χ3n) is 3.23. The summed E-state index contributed by atoms with van der Waals surface area (Å²) in [5, 5.41) is 10.5. The summed E-state index contributed by atoms with van der Waals surface area (Å²) in [7, 11) is 0. The van der Waals surface area contributed by atoms with Crippen molar-refractivity contribution in [1.82, 2.24) is 15.2 Å². The second-order valence-electron chi connectivity index (χ2n) is 5.07. The first-order chi connectivity index (χ1) is 10.7. The molecule has 0 bridgehead atoms. The largest absolute Gasteiger partial charge is 0.494 e. The molecular formula is C15H18N4O2S. The van der Waals surface area contributed by atoms with Gasteiger partial charge in [0.1, 0.15) is 11.6 Å². The third kappa shape index (κ3) is 4.00. The normalized spacial score (nSPS) is 13.9. The number of ether oxygens (including phenoxy) is 1. The van der Waals surface area contributed by atoms with E-state index in [0.29, 0.717) is 17.7 Å². The van der Waals surface area contributed by atoms with Crippen LogP contribution in [0.3, 0.4) is 0 Å². The fraction of sp³-hybridized carbons (Fsp3) is 0.400. The fourth-order valence-corrected chi connectivity index (χ4v) is 2.60. The average molecular weight is 318 g/mol. The topological polar surface area (TPSA) is 79.9 Å². The van der Waals surface area contributed by atoms with Crippen molar-refractivity contribution in [2.75, 3.05) is 17.7 Å². The zero-order valence-corrected chi connectivity index (χ0v) is 13.2. The number of aromatic nitrogens is 3. The van der Waals surface area contributed by atoms with E-state index in [1.807, 2.05) is 31.2 Å². The van der Waals surface area contributed by atoms with E-state index >= 15 is 0 Å². The molecule has 0 saturated heterocycles. The molecule has 1 aromatic heterocycles. The zero-order chi connectivity index (χ0) is 15.4. The van der Waals surface area contributed by atoms with Gasteiger partial charge in [-0.15, -0.1) is 5.10 Å². The van der Waals surface area contributed by atoms with Crippen molar-refractivity contribution in [2.45, 2.75) is 30.8 Å². The molecule has 22 heavy (non-hydrogen) atoms. The van der Waals surface area contributed by atoms with Gasteiger partial charge in [-0.1, -0.05) is 11.8 Å². The maximum atomic E-state index is 11.9. The third-order valence-corrected chi connectivity index (χ3v) is 4.07. The van der Waals surface area contributed by atoms with Gasteiger partial charge in [0.05, 0.1) is 12.4 Å². The number of hydrogen-bond donors (Lipinski definition) is 2. The van der Waals surface area contributed by atoms with E-state index < -0.39 is 0 Å². The summed E-state index contributed by atoms with van der Waals surface area (Å²) >= 11 is 1.33. The highest BCUT2D eigenvalue weighted by molar-refractivity contribution is 7.99. The maximum absolute atomic E-state index is 11.9. The average Bonchev–Trinajstić information content (AvgIpc) is 3.26. The quantitative estimate of drug-likeness (QED) is 0.767. The van der Waals surface area contributed by atoms with Gasteiger partial charge in [-0.25, -0.2) is 4.98 Å². The van der Waals surface area contributed by atoms with Gasteiger partial charge in [0.25, 0.3) is 0 Å². The van der Waals surface area contributed by atoms with Crippen LogP contribution in [-0.4, -0.2) is 33.4 Å². The van der Waals surface area contributed by atoms with E-state index in [4.69, 9.17) is 4.74 Å². The predicted octanol–water partition coefficient (Wildman–Crippen LogP) is 2.81. The summed E-state index contributed by atoms with van der Waals surface area (Å²) in [5.41, 5.74) is 0.753. The molecule has 1 aliphatic carbocycles. The number of aromatic amines is 1. The Morgan fingerprint density at radius 2 is 2.18 bits per heavy atom. The lowest BCUT2D eigenvalue weighted by molar-refractivity contribution is -0.113. The van der Waals surface area contributed by atoms with Crippen LogP contribution in [0, 0.1) is 0 Å². The highest BCUT2D eigenvalue weighted by Gasteiger charge is 2.27. The molecule has 1 aliphatic rings. The number of carbonyl (C=O) groups is 1. The number of thioether (sulfide) groups is 1. The molecule has 116 valence electrons. The number of anilines is 1. The minimum Gasteiger partial charge on any atom is -0.494 e. The minimum absolute atomic E-state index is 0.0769. The zero-order valence-electron chi connectivity index (χ0n) is 12.3. The molecule has 0 aliphatic heterocycles. The molecule has 1 fully saturated rings. The van der Waals surface area contributed by atoms with Crippen molar-refractivity contribution in [3.63, 3.8) is 0 Å². The van der Waals surface area contributed by atoms with Crippen LogP contribution in [0.25, 0.3) is 0 Å². The highest BCUT2D eigenvalue weighted by Crippen LogP contribution is 2.38. The molecule has 2 aromatic rings. The molecule has 0 spiro atoms. The predicted molar refractivity (Wildman–Crippen MR) is 85.3 cm³/mol. The molecular weight excluding hydrogens is 300 g/mol. The Morgan fingerprint density at radius 3 is 2.86 bits per heavy atom. The van der Waals surface area contributed by atoms with Gasteiger partial charge in [-0.3, -0.25) is 9.89 Å². The van der Waals surface area contributed by atoms with Crippen LogP contribution in [0.4, 0.5) is 5.69 Å². The Labute approximate surface area is 133 Å². The van der Waals surface area contributed by atoms with Gasteiger partial charge in [0.15, 0.2) is 0 Å². The van der Waals surface area contributed by atoms with Crippen LogP contribution in [-0.2, 0) is 4.79 Å². The second kappa shape index (κ2) is 6.83. The van der Waals surface area contributed by atoms with Crippen LogP contribution in [0.1, 0.15) is 31.5 Å². The Hall–Kier alpha value is -2.02. The van der Waals surface area contributed by atoms with E-state index in [1.54, 1.807) is 0 Å². The van der Waals surface area contributed by atoms with Gasteiger partial charge in [0, 0.05) is 11.6 Å². The molecule has 2 N–H and O–H groups in total. The smallest absolute Gasteiger partial charge is 0.234 e. The van der Waals surface area contributed by atoms with Crippen LogP contribution >= 0.6 is 11.8 Å². The van der Waals surface area contributed by atoms with Gasteiger partial charge in [-0.2, -0.15) is 0 Å². The second-order valence-corrected chi connectivity index (χ2v) is 6.01. The van der Waals surface area contributed by atoms with Crippen molar-refractivity contribution in [3.05, 3.63) is 30.1 Å². The number of nitrogens with one attached hydrogen (secondary N) is 2. The van der Waals surface area contributed by atoms with Crippen molar-refractivity contribution < 1.29 is 9.53 Å². The number of rotatable bonds is 7. The standard InChI is InChI=1S/C15H18N4O2S/c1-2-21-12-7-5-11(6-8-12)16-13(20)9-22-15-17-14(18-19-15)10-3-4-10/h5-8,10H,2-4,9H2,1H3,(H,16,20)(H,17,18,19). The molecule has 0 unspecified atom stereocenters. The Kier molecular flexibility index (Phi) is 4.62. The molecule has 1 aromatic carbocycles. The van der Waals surface area contributed by atoms with E-state index in [2.05, 4.69) is 20.5 Å². The fourth-order valence-electron chi connectivity index (χ4n) is 1.99. The number of hydrogen-bond acceptors (Lipinski definition) is 5. The highest BCUT2D eigenvalue weighted by atomic mass is 32.2. The summed E-state index contributed by atoms with van der Waals surface area (Å²) < 4.78 is 5.36. The number of amides is 1. The Balaban J connectivity index is 1.46. The van der Waals surface area contributed by atoms with E-state index in [0.717, 1.165) is 17.3 Å². The molecule has 7 heteroatoms. The van der Waals surface area contributed by atoms with Crippen molar-refractivity contribution in [2.24, 2.45) is 0 Å². The maximum Gasteiger partial charge on any atom is 0.234 e. The summed E-state index contributed by atoms with van der Waals surface area (Å²) in [6, 6.07) is 7.32. The van der Waals surface area contributed by atoms with E-state index in [-0.39, 0.29) is 11.7 Å².